The van der Waals surface area contributed by atoms with Crippen LogP contribution in [0.3, 0.4) is 0 Å². The quantitative estimate of drug-likeness (QED) is 0.161. The van der Waals surface area contributed by atoms with E-state index in [-0.39, 0.29) is 60.3 Å². The van der Waals surface area contributed by atoms with Gasteiger partial charge < -0.3 is 20.1 Å². The first kappa shape index (κ1) is 34.4. The Bertz CT molecular complexity index is 998. The van der Waals surface area contributed by atoms with Crippen LogP contribution in [0.4, 0.5) is 0 Å². The number of likely N-dealkylation sites (tertiary alicyclic amines) is 1. The van der Waals surface area contributed by atoms with Crippen molar-refractivity contribution < 1.29 is 14.3 Å². The number of benzene rings is 2. The SMILES string of the molecule is COCCCOc1cc(CCC(=O)NC(=N)N)ccc1-c1ccc(CN2CCC(N(C)C)CC2)cc1.Cl.[NaH]. The van der Waals surface area contributed by atoms with E-state index in [1.165, 1.54) is 18.4 Å². The molecule has 4 N–H and O–H groups in total. The number of carbonyl (C=O) groups excluding carboxylic acids is 1. The Morgan fingerprint density at radius 2 is 1.76 bits per heavy atom. The van der Waals surface area contributed by atoms with Crippen LogP contribution in [0, 0.1) is 5.41 Å². The van der Waals surface area contributed by atoms with Crippen molar-refractivity contribution in [2.24, 2.45) is 5.73 Å². The summed E-state index contributed by atoms with van der Waals surface area (Å²) >= 11 is 0. The van der Waals surface area contributed by atoms with Crippen LogP contribution in [0.5, 0.6) is 5.75 Å². The number of rotatable bonds is 12. The second-order valence-electron chi connectivity index (χ2n) is 9.66. The molecule has 1 aliphatic rings. The molecule has 0 saturated carbocycles. The van der Waals surface area contributed by atoms with E-state index in [1.807, 2.05) is 12.1 Å². The Labute approximate surface area is 255 Å². The van der Waals surface area contributed by atoms with Gasteiger partial charge in [0.1, 0.15) is 5.75 Å². The van der Waals surface area contributed by atoms with Crippen LogP contribution in [-0.2, 0) is 22.5 Å². The van der Waals surface area contributed by atoms with Crippen molar-refractivity contribution in [3.05, 3.63) is 53.6 Å². The number of halogens is 1. The summed E-state index contributed by atoms with van der Waals surface area (Å²) in [6, 6.07) is 15.5. The number of piperidine rings is 1. The number of hydrogen-bond acceptors (Lipinski definition) is 6. The van der Waals surface area contributed by atoms with Crippen LogP contribution in [0.25, 0.3) is 11.1 Å². The average Bonchev–Trinajstić information content (AvgIpc) is 2.86. The van der Waals surface area contributed by atoms with Gasteiger partial charge in [-0.1, -0.05) is 36.4 Å². The van der Waals surface area contributed by atoms with Crippen molar-refractivity contribution in [3.63, 3.8) is 0 Å². The molecule has 1 aliphatic heterocycles. The molecule has 1 amide bonds. The first-order valence-electron chi connectivity index (χ1n) is 12.7. The number of nitrogens with two attached hydrogens (primary N) is 1. The third-order valence-corrected chi connectivity index (χ3v) is 6.67. The molecule has 2 aromatic carbocycles. The second kappa shape index (κ2) is 17.8. The molecule has 0 atom stereocenters. The Kier molecular flexibility index (Phi) is 16.1. The average molecular weight is 556 g/mol. The molecule has 1 saturated heterocycles. The first-order valence-corrected chi connectivity index (χ1v) is 12.7. The molecule has 3 rings (SSSR count). The molecule has 0 spiro atoms. The van der Waals surface area contributed by atoms with Crippen LogP contribution < -0.4 is 15.8 Å². The molecule has 1 fully saturated rings. The molecule has 1 heterocycles. The van der Waals surface area contributed by atoms with Crippen molar-refractivity contribution in [2.75, 3.05) is 47.5 Å². The minimum atomic E-state index is -0.334. The van der Waals surface area contributed by atoms with Crippen LogP contribution >= 0.6 is 12.4 Å². The van der Waals surface area contributed by atoms with Crippen molar-refractivity contribution in [1.29, 1.82) is 5.41 Å². The Morgan fingerprint density at radius 1 is 1.11 bits per heavy atom. The van der Waals surface area contributed by atoms with E-state index in [0.29, 0.717) is 25.7 Å². The number of guanidine groups is 1. The summed E-state index contributed by atoms with van der Waals surface area (Å²) in [5.41, 5.74) is 9.70. The maximum atomic E-state index is 11.9. The van der Waals surface area contributed by atoms with Crippen LogP contribution in [0.1, 0.15) is 36.8 Å². The van der Waals surface area contributed by atoms with Gasteiger partial charge >= 0.3 is 29.6 Å². The number of nitrogens with one attached hydrogen (secondary N) is 2. The van der Waals surface area contributed by atoms with Gasteiger partial charge in [-0.25, -0.2) is 0 Å². The summed E-state index contributed by atoms with van der Waals surface area (Å²) in [6.07, 6.45) is 4.03. The third kappa shape index (κ3) is 11.2. The Morgan fingerprint density at radius 3 is 2.37 bits per heavy atom. The topological polar surface area (TPSA) is 104 Å². The molecule has 10 heteroatoms. The van der Waals surface area contributed by atoms with Crippen molar-refractivity contribution in [3.8, 4) is 16.9 Å². The van der Waals surface area contributed by atoms with E-state index in [2.05, 4.69) is 59.5 Å². The number of hydrogen-bond donors (Lipinski definition) is 3. The summed E-state index contributed by atoms with van der Waals surface area (Å²) < 4.78 is 11.3. The summed E-state index contributed by atoms with van der Waals surface area (Å²) in [5, 5.41) is 9.52. The molecule has 0 bridgehead atoms. The van der Waals surface area contributed by atoms with Gasteiger partial charge in [0.05, 0.1) is 6.61 Å². The summed E-state index contributed by atoms with van der Waals surface area (Å²) in [5.74, 6) is 0.198. The summed E-state index contributed by atoms with van der Waals surface area (Å²) in [6.45, 7) is 4.44. The number of carbonyl (C=O) groups is 1. The van der Waals surface area contributed by atoms with E-state index in [0.717, 1.165) is 48.5 Å². The van der Waals surface area contributed by atoms with Gasteiger partial charge in [-0.05, 0) is 69.2 Å². The maximum absolute atomic E-state index is 11.9. The van der Waals surface area contributed by atoms with E-state index >= 15 is 0 Å². The van der Waals surface area contributed by atoms with Gasteiger partial charge in [-0.3, -0.25) is 20.4 Å². The standard InChI is InChI=1S/C28H41N5O3.ClH.Na.H/c1-32(2)24-13-15-33(16-14-24)20-22-5-9-23(10-6-22)25-11-7-21(8-12-27(34)31-28(29)30)19-26(25)36-18-4-17-35-3;;;/h5-7,9-11,19,24H,4,8,12-18,20H2,1-3H3,(H4,29,30,31,34);1H;;. The fourth-order valence-corrected chi connectivity index (χ4v) is 4.58. The summed E-state index contributed by atoms with van der Waals surface area (Å²) in [7, 11) is 6.03. The summed E-state index contributed by atoms with van der Waals surface area (Å²) in [4.78, 5) is 16.8. The molecule has 0 unspecified atom stereocenters. The van der Waals surface area contributed by atoms with Gasteiger partial charge in [-0.15, -0.1) is 12.4 Å². The zero-order valence-electron chi connectivity index (χ0n) is 22.3. The number of nitrogens with zero attached hydrogens (tertiary/aromatic N) is 2. The zero-order valence-corrected chi connectivity index (χ0v) is 23.1. The molecule has 38 heavy (non-hydrogen) atoms. The van der Waals surface area contributed by atoms with Gasteiger partial charge in [0, 0.05) is 44.7 Å². The molecule has 0 aromatic heterocycles. The number of amides is 1. The van der Waals surface area contributed by atoms with E-state index < -0.39 is 0 Å². The van der Waals surface area contributed by atoms with E-state index in [9.17, 15) is 4.79 Å². The Balaban J connectivity index is 0.00000361. The normalized spacial score (nSPS) is 13.9. The molecule has 0 aliphatic carbocycles. The molecular formula is C28H43ClN5NaO3. The predicted molar refractivity (Wildman–Crippen MR) is 159 cm³/mol. The first-order chi connectivity index (χ1) is 17.4. The molecule has 0 radical (unpaired) electrons. The Hall–Kier alpha value is -1.65. The van der Waals surface area contributed by atoms with Gasteiger partial charge in [0.15, 0.2) is 5.96 Å². The van der Waals surface area contributed by atoms with Crippen molar-refractivity contribution in [2.45, 2.75) is 44.7 Å². The fourth-order valence-electron chi connectivity index (χ4n) is 4.58. The molecule has 206 valence electrons. The van der Waals surface area contributed by atoms with E-state index in [1.54, 1.807) is 7.11 Å². The fraction of sp³-hybridized carbons (Fsp3) is 0.500. The monoisotopic (exact) mass is 555 g/mol. The second-order valence-corrected chi connectivity index (χ2v) is 9.66. The number of aryl methyl sites for hydroxylation is 1. The molecule has 8 nitrogen and oxygen atoms in total. The number of methoxy groups -OCH3 is 1. The predicted octanol–water partition coefficient (Wildman–Crippen LogP) is 3.01. The van der Waals surface area contributed by atoms with Gasteiger partial charge in [-0.2, -0.15) is 0 Å². The minimum absolute atomic E-state index is 0. The van der Waals surface area contributed by atoms with E-state index in [4.69, 9.17) is 20.6 Å². The third-order valence-electron chi connectivity index (χ3n) is 6.67. The van der Waals surface area contributed by atoms with Crippen LogP contribution in [0.2, 0.25) is 0 Å². The van der Waals surface area contributed by atoms with Crippen molar-refractivity contribution in [1.82, 2.24) is 15.1 Å². The van der Waals surface area contributed by atoms with Crippen LogP contribution in [0.15, 0.2) is 42.5 Å². The molecular weight excluding hydrogens is 513 g/mol. The molecule has 2 aromatic rings. The van der Waals surface area contributed by atoms with Gasteiger partial charge in [0.2, 0.25) is 5.91 Å². The van der Waals surface area contributed by atoms with Gasteiger partial charge in [0.25, 0.3) is 0 Å². The van der Waals surface area contributed by atoms with Crippen molar-refractivity contribution >= 4 is 53.8 Å². The number of ether oxygens (including phenoxy) is 2. The van der Waals surface area contributed by atoms with Crippen LogP contribution in [-0.4, -0.2) is 105 Å². The zero-order chi connectivity index (χ0) is 25.9.